The second-order valence-corrected chi connectivity index (χ2v) is 3.22. The van der Waals surface area contributed by atoms with Crippen LogP contribution < -0.4 is 0 Å². The highest BCUT2D eigenvalue weighted by Crippen LogP contribution is 2.49. The normalized spacial score (nSPS) is 23.2. The van der Waals surface area contributed by atoms with Crippen molar-refractivity contribution in [2.45, 2.75) is 19.3 Å². The van der Waals surface area contributed by atoms with Crippen LogP contribution in [0.5, 0.6) is 0 Å². The maximum atomic E-state index is 5.68. The van der Waals surface area contributed by atoms with E-state index < -0.39 is 0 Å². The van der Waals surface area contributed by atoms with Gasteiger partial charge < -0.3 is 0 Å². The predicted molar refractivity (Wildman–Crippen MR) is 37.7 cm³/mol. The predicted octanol–water partition coefficient (Wildman–Crippen LogP) is 2.63. The van der Waals surface area contributed by atoms with Crippen LogP contribution in [0.4, 0.5) is 0 Å². The Bertz CT molecular complexity index is 76.6. The Morgan fingerprint density at radius 1 is 1.25 bits per heavy atom. The fourth-order valence-electron chi connectivity index (χ4n) is 0.828. The van der Waals surface area contributed by atoms with Crippen molar-refractivity contribution in [3.63, 3.8) is 0 Å². The average Bonchev–Trinajstić information content (AvgIpc) is 2.50. The molecule has 1 fully saturated rings. The Kier molecular flexibility index (Phi) is 2.05. The van der Waals surface area contributed by atoms with Gasteiger partial charge in [0.25, 0.3) is 0 Å². The number of halogens is 2. The first kappa shape index (κ1) is 6.70. The second kappa shape index (κ2) is 2.45. The van der Waals surface area contributed by atoms with Gasteiger partial charge in [-0.15, -0.1) is 23.2 Å². The van der Waals surface area contributed by atoms with Crippen LogP contribution in [0.1, 0.15) is 19.3 Å². The Hall–Kier alpha value is 0.580. The molecule has 48 valence electrons. The van der Waals surface area contributed by atoms with Crippen LogP contribution in [-0.2, 0) is 0 Å². The molecule has 0 atom stereocenters. The number of hydrogen-bond acceptors (Lipinski definition) is 0. The highest BCUT2D eigenvalue weighted by atomic mass is 35.5. The van der Waals surface area contributed by atoms with E-state index in [-0.39, 0.29) is 0 Å². The summed E-state index contributed by atoms with van der Waals surface area (Å²) in [5.41, 5.74) is 0.476. The van der Waals surface area contributed by atoms with Gasteiger partial charge in [-0.05, 0) is 24.7 Å². The molecule has 8 heavy (non-hydrogen) atoms. The van der Waals surface area contributed by atoms with Crippen molar-refractivity contribution in [3.05, 3.63) is 0 Å². The molecule has 1 rings (SSSR count). The minimum Gasteiger partial charge on any atom is -0.127 e. The molecule has 0 aromatic heterocycles. The molecule has 1 aliphatic rings. The Labute approximate surface area is 60.2 Å². The molecular formula is C6H10Cl2. The lowest BCUT2D eigenvalue weighted by Crippen LogP contribution is -2.01. The maximum absolute atomic E-state index is 5.68. The molecule has 0 saturated heterocycles. The van der Waals surface area contributed by atoms with E-state index in [1.54, 1.807) is 0 Å². The highest BCUT2D eigenvalue weighted by Gasteiger charge is 2.40. The summed E-state index contributed by atoms with van der Waals surface area (Å²) in [5.74, 6) is 1.58. The smallest absolute Gasteiger partial charge is 0.0280 e. The van der Waals surface area contributed by atoms with Gasteiger partial charge in [-0.3, -0.25) is 0 Å². The van der Waals surface area contributed by atoms with Crippen molar-refractivity contribution in [2.24, 2.45) is 5.41 Å². The van der Waals surface area contributed by atoms with E-state index in [4.69, 9.17) is 23.2 Å². The fourth-order valence-corrected chi connectivity index (χ4v) is 1.63. The third kappa shape index (κ3) is 1.29. The van der Waals surface area contributed by atoms with Crippen LogP contribution >= 0.6 is 23.2 Å². The first-order chi connectivity index (χ1) is 3.83. The van der Waals surface area contributed by atoms with Crippen molar-refractivity contribution in [1.82, 2.24) is 0 Å². The first-order valence-corrected chi connectivity index (χ1v) is 4.02. The summed E-state index contributed by atoms with van der Waals surface area (Å²) in [7, 11) is 0. The fraction of sp³-hybridized carbons (Fsp3) is 1.00. The van der Waals surface area contributed by atoms with Crippen molar-refractivity contribution in [1.29, 1.82) is 0 Å². The van der Waals surface area contributed by atoms with Gasteiger partial charge in [-0.25, -0.2) is 0 Å². The van der Waals surface area contributed by atoms with Crippen LogP contribution in [0.15, 0.2) is 0 Å². The SMILES string of the molecule is ClCCC1(CCl)CC1. The Morgan fingerprint density at radius 3 is 2.00 bits per heavy atom. The third-order valence-corrected chi connectivity index (χ3v) is 2.62. The van der Waals surface area contributed by atoms with E-state index in [0.717, 1.165) is 18.2 Å². The summed E-state index contributed by atoms with van der Waals surface area (Å²) >= 11 is 11.2. The zero-order valence-electron chi connectivity index (χ0n) is 4.79. The molecular weight excluding hydrogens is 143 g/mol. The third-order valence-electron chi connectivity index (χ3n) is 1.87. The lowest BCUT2D eigenvalue weighted by atomic mass is 10.1. The van der Waals surface area contributed by atoms with Gasteiger partial charge in [-0.2, -0.15) is 0 Å². The van der Waals surface area contributed by atoms with E-state index in [2.05, 4.69) is 0 Å². The number of alkyl halides is 2. The topological polar surface area (TPSA) is 0 Å². The van der Waals surface area contributed by atoms with Gasteiger partial charge in [0.05, 0.1) is 0 Å². The van der Waals surface area contributed by atoms with Gasteiger partial charge in [0.15, 0.2) is 0 Å². The molecule has 0 spiro atoms. The molecule has 0 radical (unpaired) electrons. The summed E-state index contributed by atoms with van der Waals surface area (Å²) in [5, 5.41) is 0. The van der Waals surface area contributed by atoms with E-state index >= 15 is 0 Å². The standard InChI is InChI=1S/C6H10Cl2/c7-4-3-6(5-8)1-2-6/h1-5H2. The molecule has 0 nitrogen and oxygen atoms in total. The quantitative estimate of drug-likeness (QED) is 0.546. The minimum atomic E-state index is 0.476. The number of hydrogen-bond donors (Lipinski definition) is 0. The summed E-state index contributed by atoms with van der Waals surface area (Å²) in [6, 6.07) is 0. The monoisotopic (exact) mass is 152 g/mol. The van der Waals surface area contributed by atoms with Crippen LogP contribution in [0.3, 0.4) is 0 Å². The van der Waals surface area contributed by atoms with E-state index in [9.17, 15) is 0 Å². The molecule has 0 unspecified atom stereocenters. The van der Waals surface area contributed by atoms with Crippen molar-refractivity contribution in [3.8, 4) is 0 Å². The van der Waals surface area contributed by atoms with Crippen LogP contribution in [0, 0.1) is 5.41 Å². The molecule has 1 aliphatic carbocycles. The Morgan fingerprint density at radius 2 is 1.88 bits per heavy atom. The van der Waals surface area contributed by atoms with Gasteiger partial charge >= 0.3 is 0 Å². The summed E-state index contributed by atoms with van der Waals surface area (Å²) < 4.78 is 0. The molecule has 0 heterocycles. The van der Waals surface area contributed by atoms with E-state index in [0.29, 0.717) is 5.41 Å². The van der Waals surface area contributed by atoms with Gasteiger partial charge in [0.2, 0.25) is 0 Å². The van der Waals surface area contributed by atoms with Crippen LogP contribution in [0.25, 0.3) is 0 Å². The van der Waals surface area contributed by atoms with Crippen molar-refractivity contribution >= 4 is 23.2 Å². The van der Waals surface area contributed by atoms with E-state index in [1.165, 1.54) is 12.8 Å². The van der Waals surface area contributed by atoms with Crippen LogP contribution in [0.2, 0.25) is 0 Å². The largest absolute Gasteiger partial charge is 0.127 e. The summed E-state index contributed by atoms with van der Waals surface area (Å²) in [6.07, 6.45) is 3.70. The molecule has 1 saturated carbocycles. The van der Waals surface area contributed by atoms with E-state index in [1.807, 2.05) is 0 Å². The lowest BCUT2D eigenvalue weighted by Gasteiger charge is -2.05. The van der Waals surface area contributed by atoms with Crippen LogP contribution in [-0.4, -0.2) is 11.8 Å². The molecule has 0 amide bonds. The maximum Gasteiger partial charge on any atom is 0.0280 e. The summed E-state index contributed by atoms with van der Waals surface area (Å²) in [4.78, 5) is 0. The molecule has 0 aromatic carbocycles. The zero-order valence-corrected chi connectivity index (χ0v) is 6.30. The second-order valence-electron chi connectivity index (χ2n) is 2.57. The van der Waals surface area contributed by atoms with Crippen molar-refractivity contribution in [2.75, 3.05) is 11.8 Å². The highest BCUT2D eigenvalue weighted by molar-refractivity contribution is 6.19. The van der Waals surface area contributed by atoms with Gasteiger partial charge in [0.1, 0.15) is 0 Å². The Balaban J connectivity index is 2.20. The molecule has 0 N–H and O–H groups in total. The zero-order chi connectivity index (χ0) is 6.04. The molecule has 0 aromatic rings. The summed E-state index contributed by atoms with van der Waals surface area (Å²) in [6.45, 7) is 0. The lowest BCUT2D eigenvalue weighted by molar-refractivity contribution is 0.562. The molecule has 2 heteroatoms. The minimum absolute atomic E-state index is 0.476. The van der Waals surface area contributed by atoms with Crippen molar-refractivity contribution < 1.29 is 0 Å². The number of rotatable bonds is 3. The first-order valence-electron chi connectivity index (χ1n) is 2.95. The molecule has 0 bridgehead atoms. The molecule has 0 aliphatic heterocycles. The van der Waals surface area contributed by atoms with Gasteiger partial charge in [0, 0.05) is 11.8 Å². The average molecular weight is 153 g/mol. The van der Waals surface area contributed by atoms with Gasteiger partial charge in [-0.1, -0.05) is 0 Å².